The smallest absolute Gasteiger partial charge is 0.222 e. The van der Waals surface area contributed by atoms with Crippen LogP contribution in [0.4, 0.5) is 0 Å². The summed E-state index contributed by atoms with van der Waals surface area (Å²) in [5.41, 5.74) is 5.48. The maximum Gasteiger partial charge on any atom is 0.222 e. The van der Waals surface area contributed by atoms with Gasteiger partial charge >= 0.3 is 0 Å². The molecule has 1 atom stereocenters. The molecule has 4 heteroatoms. The molecule has 0 unspecified atom stereocenters. The number of likely N-dealkylation sites (tertiary alicyclic amines) is 1. The number of aromatic nitrogens is 2. The minimum Gasteiger partial charge on any atom is -0.342 e. The highest BCUT2D eigenvalue weighted by Crippen LogP contribution is 2.32. The second-order valence-electron chi connectivity index (χ2n) is 7.82. The second-order valence-corrected chi connectivity index (χ2v) is 7.82. The van der Waals surface area contributed by atoms with Gasteiger partial charge in [-0.3, -0.25) is 14.8 Å². The second kappa shape index (κ2) is 8.99. The quantitative estimate of drug-likeness (QED) is 0.634. The molecule has 0 radical (unpaired) electrons. The van der Waals surface area contributed by atoms with Crippen LogP contribution in [-0.2, 0) is 11.2 Å². The fraction of sp³-hybridized carbons (Fsp3) is 0.320. The third kappa shape index (κ3) is 4.70. The number of hydrogen-bond donors (Lipinski definition) is 0. The van der Waals surface area contributed by atoms with Gasteiger partial charge in [-0.05, 0) is 37.8 Å². The van der Waals surface area contributed by atoms with E-state index in [4.69, 9.17) is 4.98 Å². The van der Waals surface area contributed by atoms with Crippen molar-refractivity contribution in [2.45, 2.75) is 38.5 Å². The Kier molecular flexibility index (Phi) is 5.99. The largest absolute Gasteiger partial charge is 0.342 e. The number of nitrogens with zero attached hydrogens (tertiary/aromatic N) is 3. The van der Waals surface area contributed by atoms with Crippen molar-refractivity contribution in [2.75, 3.05) is 13.1 Å². The molecule has 4 rings (SSSR count). The normalized spacial score (nSPS) is 16.6. The van der Waals surface area contributed by atoms with Gasteiger partial charge in [0.1, 0.15) is 0 Å². The first-order valence-corrected chi connectivity index (χ1v) is 10.4. The molecule has 1 saturated heterocycles. The first-order chi connectivity index (χ1) is 14.2. The van der Waals surface area contributed by atoms with Crippen LogP contribution >= 0.6 is 0 Å². The van der Waals surface area contributed by atoms with E-state index in [1.165, 1.54) is 11.1 Å². The summed E-state index contributed by atoms with van der Waals surface area (Å²) in [4.78, 5) is 24.2. The summed E-state index contributed by atoms with van der Waals surface area (Å²) in [6.45, 7) is 3.66. The van der Waals surface area contributed by atoms with Crippen LogP contribution in [0.2, 0.25) is 0 Å². The molecule has 1 amide bonds. The molecule has 1 aliphatic heterocycles. The van der Waals surface area contributed by atoms with Crippen LogP contribution in [0.5, 0.6) is 0 Å². The molecule has 3 aromatic rings. The van der Waals surface area contributed by atoms with Crippen molar-refractivity contribution in [3.05, 3.63) is 83.8 Å². The molecule has 0 spiro atoms. The van der Waals surface area contributed by atoms with Gasteiger partial charge in [0.25, 0.3) is 0 Å². The number of carbonyl (C=O) groups excluding carboxylic acids is 1. The van der Waals surface area contributed by atoms with E-state index in [-0.39, 0.29) is 11.8 Å². The molecular weight excluding hydrogens is 358 g/mol. The Hall–Kier alpha value is -3.01. The molecule has 29 heavy (non-hydrogen) atoms. The summed E-state index contributed by atoms with van der Waals surface area (Å²) >= 11 is 0. The van der Waals surface area contributed by atoms with E-state index >= 15 is 0 Å². The molecule has 2 heterocycles. The molecule has 0 saturated carbocycles. The van der Waals surface area contributed by atoms with Crippen LogP contribution < -0.4 is 0 Å². The first-order valence-electron chi connectivity index (χ1n) is 10.4. The average Bonchev–Trinajstić information content (AvgIpc) is 2.78. The van der Waals surface area contributed by atoms with Crippen molar-refractivity contribution >= 4 is 5.91 Å². The minimum atomic E-state index is 0.230. The van der Waals surface area contributed by atoms with Crippen molar-refractivity contribution in [3.63, 3.8) is 0 Å². The molecule has 2 aromatic carbocycles. The zero-order valence-electron chi connectivity index (χ0n) is 16.9. The standard InChI is InChI=1S/C25H27N3O/c1-19-7-5-10-21(17-19)24-25(27-15-14-26-24)22-11-6-16-28(18-22)23(29)13-12-20-8-3-2-4-9-20/h2-5,7-10,14-15,17,22H,6,11-13,16,18H2,1H3/t22-/m0/s1. The van der Waals surface area contributed by atoms with E-state index in [1.54, 1.807) is 12.4 Å². The molecule has 0 bridgehead atoms. The highest BCUT2D eigenvalue weighted by atomic mass is 16.2. The van der Waals surface area contributed by atoms with Crippen LogP contribution in [0.25, 0.3) is 11.3 Å². The SMILES string of the molecule is Cc1cccc(-c2nccnc2[C@H]2CCCN(C(=O)CCc3ccccc3)C2)c1. The van der Waals surface area contributed by atoms with E-state index in [9.17, 15) is 4.79 Å². The average molecular weight is 386 g/mol. The van der Waals surface area contributed by atoms with E-state index < -0.39 is 0 Å². The van der Waals surface area contributed by atoms with Crippen molar-refractivity contribution < 1.29 is 4.79 Å². The molecule has 4 nitrogen and oxygen atoms in total. The first kappa shape index (κ1) is 19.3. The van der Waals surface area contributed by atoms with Crippen molar-refractivity contribution in [3.8, 4) is 11.3 Å². The number of rotatable bonds is 5. The third-order valence-corrected chi connectivity index (χ3v) is 5.65. The summed E-state index contributed by atoms with van der Waals surface area (Å²) in [5, 5.41) is 0. The Bertz CT molecular complexity index is 971. The fourth-order valence-electron chi connectivity index (χ4n) is 4.14. The molecule has 1 aromatic heterocycles. The molecule has 0 N–H and O–H groups in total. The molecule has 148 valence electrons. The Balaban J connectivity index is 1.48. The summed E-state index contributed by atoms with van der Waals surface area (Å²) < 4.78 is 0. The molecule has 1 aliphatic rings. The minimum absolute atomic E-state index is 0.230. The van der Waals surface area contributed by atoms with Gasteiger partial charge in [0.05, 0.1) is 11.4 Å². The van der Waals surface area contributed by atoms with Crippen molar-refractivity contribution in [1.82, 2.24) is 14.9 Å². The lowest BCUT2D eigenvalue weighted by Crippen LogP contribution is -2.39. The van der Waals surface area contributed by atoms with Crippen molar-refractivity contribution in [1.29, 1.82) is 0 Å². The van der Waals surface area contributed by atoms with Gasteiger partial charge in [-0.25, -0.2) is 0 Å². The topological polar surface area (TPSA) is 46.1 Å². The molecule has 0 aliphatic carbocycles. The highest BCUT2D eigenvalue weighted by Gasteiger charge is 2.27. The van der Waals surface area contributed by atoms with E-state index in [2.05, 4.69) is 48.3 Å². The van der Waals surface area contributed by atoms with Crippen LogP contribution in [0.15, 0.2) is 67.0 Å². The van der Waals surface area contributed by atoms with E-state index in [0.29, 0.717) is 6.42 Å². The molecule has 1 fully saturated rings. The van der Waals surface area contributed by atoms with Crippen LogP contribution in [0, 0.1) is 6.92 Å². The number of piperidine rings is 1. The van der Waals surface area contributed by atoms with Crippen LogP contribution in [0.1, 0.15) is 42.0 Å². The van der Waals surface area contributed by atoms with Gasteiger partial charge < -0.3 is 4.90 Å². The lowest BCUT2D eigenvalue weighted by Gasteiger charge is -2.33. The van der Waals surface area contributed by atoms with Crippen molar-refractivity contribution in [2.24, 2.45) is 0 Å². The Morgan fingerprint density at radius 3 is 2.72 bits per heavy atom. The van der Waals surface area contributed by atoms with Gasteiger partial charge in [0.15, 0.2) is 0 Å². The monoisotopic (exact) mass is 385 g/mol. The molecular formula is C25H27N3O. The lowest BCUT2D eigenvalue weighted by molar-refractivity contribution is -0.132. The Morgan fingerprint density at radius 1 is 1.07 bits per heavy atom. The predicted octanol–water partition coefficient (Wildman–Crippen LogP) is 4.79. The van der Waals surface area contributed by atoms with E-state index in [0.717, 1.165) is 49.3 Å². The van der Waals surface area contributed by atoms with Crippen LogP contribution in [-0.4, -0.2) is 33.9 Å². The van der Waals surface area contributed by atoms with Gasteiger partial charge in [-0.2, -0.15) is 0 Å². The van der Waals surface area contributed by atoms with Gasteiger partial charge in [-0.15, -0.1) is 0 Å². The Labute approximate surface area is 172 Å². The van der Waals surface area contributed by atoms with Crippen LogP contribution in [0.3, 0.4) is 0 Å². The van der Waals surface area contributed by atoms with Gasteiger partial charge in [0, 0.05) is 43.4 Å². The predicted molar refractivity (Wildman–Crippen MR) is 116 cm³/mol. The number of amides is 1. The highest BCUT2D eigenvalue weighted by molar-refractivity contribution is 5.76. The fourth-order valence-corrected chi connectivity index (χ4v) is 4.14. The zero-order valence-corrected chi connectivity index (χ0v) is 16.9. The summed E-state index contributed by atoms with van der Waals surface area (Å²) in [6, 6.07) is 18.6. The zero-order chi connectivity index (χ0) is 20.1. The third-order valence-electron chi connectivity index (χ3n) is 5.65. The Morgan fingerprint density at radius 2 is 1.90 bits per heavy atom. The summed E-state index contributed by atoms with van der Waals surface area (Å²) in [6.07, 6.45) is 6.92. The number of benzene rings is 2. The lowest BCUT2D eigenvalue weighted by atomic mass is 9.91. The summed E-state index contributed by atoms with van der Waals surface area (Å²) in [7, 11) is 0. The van der Waals surface area contributed by atoms with Gasteiger partial charge in [0.2, 0.25) is 5.91 Å². The number of carbonyl (C=O) groups is 1. The van der Waals surface area contributed by atoms with Gasteiger partial charge in [-0.1, -0.05) is 54.1 Å². The number of aryl methyl sites for hydroxylation is 2. The summed E-state index contributed by atoms with van der Waals surface area (Å²) in [5.74, 6) is 0.466. The van der Waals surface area contributed by atoms with E-state index in [1.807, 2.05) is 23.1 Å². The maximum atomic E-state index is 12.8. The number of hydrogen-bond acceptors (Lipinski definition) is 3. The maximum absolute atomic E-state index is 12.8.